The molecule has 17 heavy (non-hydrogen) atoms. The Morgan fingerprint density at radius 2 is 2.35 bits per heavy atom. The van der Waals surface area contributed by atoms with E-state index in [0.717, 1.165) is 18.0 Å². The van der Waals surface area contributed by atoms with Gasteiger partial charge in [-0.1, -0.05) is 16.6 Å². The first-order valence-corrected chi connectivity index (χ1v) is 6.26. The molecule has 0 aliphatic rings. The van der Waals surface area contributed by atoms with Gasteiger partial charge in [-0.15, -0.1) is 5.10 Å². The lowest BCUT2D eigenvalue weighted by molar-refractivity contribution is 0.413. The van der Waals surface area contributed by atoms with E-state index in [1.54, 1.807) is 7.11 Å². The molecule has 1 atom stereocenters. The molecule has 5 heteroatoms. The monoisotopic (exact) mass is 249 g/mol. The topological polar surface area (TPSA) is 47.0 Å². The molecule has 0 bridgehead atoms. The number of hydrogen-bond acceptors (Lipinski definition) is 5. The summed E-state index contributed by atoms with van der Waals surface area (Å²) in [5, 5.41) is 9.35. The fourth-order valence-electron chi connectivity index (χ4n) is 1.55. The van der Waals surface area contributed by atoms with Crippen LogP contribution in [-0.2, 0) is 6.54 Å². The van der Waals surface area contributed by atoms with Gasteiger partial charge >= 0.3 is 0 Å². The van der Waals surface area contributed by atoms with Gasteiger partial charge in [0.2, 0.25) is 0 Å². The van der Waals surface area contributed by atoms with E-state index in [-0.39, 0.29) is 6.04 Å². The molecular weight excluding hydrogens is 234 g/mol. The van der Waals surface area contributed by atoms with Gasteiger partial charge in [-0.2, -0.15) is 0 Å². The van der Waals surface area contributed by atoms with Gasteiger partial charge < -0.3 is 10.1 Å². The van der Waals surface area contributed by atoms with Crippen LogP contribution in [0.5, 0.6) is 5.75 Å². The maximum atomic E-state index is 5.21. The van der Waals surface area contributed by atoms with Crippen molar-refractivity contribution in [1.82, 2.24) is 14.9 Å². The van der Waals surface area contributed by atoms with Crippen molar-refractivity contribution >= 4 is 11.5 Å². The van der Waals surface area contributed by atoms with Crippen molar-refractivity contribution in [2.24, 2.45) is 0 Å². The van der Waals surface area contributed by atoms with E-state index >= 15 is 0 Å². The lowest BCUT2D eigenvalue weighted by atomic mass is 10.1. The summed E-state index contributed by atoms with van der Waals surface area (Å²) in [6, 6.07) is 8.32. The van der Waals surface area contributed by atoms with Gasteiger partial charge in [0.1, 0.15) is 5.75 Å². The first kappa shape index (κ1) is 12.0. The predicted octanol–water partition coefficient (Wildman–Crippen LogP) is 2.40. The summed E-state index contributed by atoms with van der Waals surface area (Å²) >= 11 is 1.37. The Hall–Kier alpha value is -1.46. The Balaban J connectivity index is 1.96. The van der Waals surface area contributed by atoms with E-state index in [9.17, 15) is 0 Å². The highest BCUT2D eigenvalue weighted by Gasteiger charge is 2.06. The standard InChI is InChI=1S/C12H15N3OS/c1-9(13-7-11-8-17-15-14-11)10-4-3-5-12(6-10)16-2/h3-6,8-9,13H,7H2,1-2H3/t9-/m0/s1. The highest BCUT2D eigenvalue weighted by molar-refractivity contribution is 7.03. The Labute approximate surface area is 105 Å². The van der Waals surface area contributed by atoms with Crippen LogP contribution in [0, 0.1) is 0 Å². The van der Waals surface area contributed by atoms with Crippen molar-refractivity contribution in [2.45, 2.75) is 19.5 Å². The van der Waals surface area contributed by atoms with Gasteiger partial charge in [-0.05, 0) is 36.2 Å². The number of nitrogens with zero attached hydrogens (tertiary/aromatic N) is 2. The maximum absolute atomic E-state index is 5.21. The van der Waals surface area contributed by atoms with Crippen LogP contribution in [0.1, 0.15) is 24.2 Å². The molecule has 0 unspecified atom stereocenters. The third-order valence-electron chi connectivity index (χ3n) is 2.59. The zero-order valence-electron chi connectivity index (χ0n) is 9.88. The van der Waals surface area contributed by atoms with Gasteiger partial charge in [-0.25, -0.2) is 0 Å². The molecule has 1 heterocycles. The first-order chi connectivity index (χ1) is 8.29. The molecule has 4 nitrogen and oxygen atoms in total. The fraction of sp³-hybridized carbons (Fsp3) is 0.333. The van der Waals surface area contributed by atoms with E-state index in [1.807, 2.05) is 23.6 Å². The van der Waals surface area contributed by atoms with Crippen molar-refractivity contribution < 1.29 is 4.74 Å². The molecular formula is C12H15N3OS. The minimum atomic E-state index is 0.256. The Morgan fingerprint density at radius 1 is 1.47 bits per heavy atom. The van der Waals surface area contributed by atoms with Crippen molar-refractivity contribution in [1.29, 1.82) is 0 Å². The minimum Gasteiger partial charge on any atom is -0.497 e. The molecule has 90 valence electrons. The Bertz CT molecular complexity index is 459. The summed E-state index contributed by atoms with van der Waals surface area (Å²) in [5.41, 5.74) is 2.18. The molecule has 0 saturated carbocycles. The second kappa shape index (κ2) is 5.75. The molecule has 0 aliphatic carbocycles. The number of nitrogens with one attached hydrogen (secondary N) is 1. The maximum Gasteiger partial charge on any atom is 0.119 e. The van der Waals surface area contributed by atoms with Gasteiger partial charge in [0.25, 0.3) is 0 Å². The van der Waals surface area contributed by atoms with Crippen molar-refractivity contribution in [3.63, 3.8) is 0 Å². The minimum absolute atomic E-state index is 0.256. The largest absolute Gasteiger partial charge is 0.497 e. The van der Waals surface area contributed by atoms with E-state index in [2.05, 4.69) is 27.9 Å². The summed E-state index contributed by atoms with van der Waals surface area (Å²) in [4.78, 5) is 0. The fourth-order valence-corrected chi connectivity index (χ4v) is 2.00. The number of ether oxygens (including phenoxy) is 1. The van der Waals surface area contributed by atoms with Crippen LogP contribution >= 0.6 is 11.5 Å². The van der Waals surface area contributed by atoms with Gasteiger partial charge in [0.15, 0.2) is 0 Å². The van der Waals surface area contributed by atoms with E-state index < -0.39 is 0 Å². The van der Waals surface area contributed by atoms with Crippen LogP contribution in [-0.4, -0.2) is 16.7 Å². The summed E-state index contributed by atoms with van der Waals surface area (Å²) in [6.45, 7) is 2.85. The molecule has 1 aromatic carbocycles. The van der Waals surface area contributed by atoms with E-state index in [0.29, 0.717) is 0 Å². The zero-order valence-corrected chi connectivity index (χ0v) is 10.7. The third-order valence-corrected chi connectivity index (χ3v) is 3.14. The van der Waals surface area contributed by atoms with E-state index in [1.165, 1.54) is 17.1 Å². The van der Waals surface area contributed by atoms with Gasteiger partial charge in [0.05, 0.1) is 12.8 Å². The van der Waals surface area contributed by atoms with Gasteiger partial charge in [-0.3, -0.25) is 0 Å². The first-order valence-electron chi connectivity index (χ1n) is 5.43. The number of hydrogen-bond donors (Lipinski definition) is 1. The Morgan fingerprint density at radius 3 is 3.06 bits per heavy atom. The molecule has 2 aromatic rings. The third kappa shape index (κ3) is 3.25. The lowest BCUT2D eigenvalue weighted by Crippen LogP contribution is -2.18. The zero-order chi connectivity index (χ0) is 12.1. The van der Waals surface area contributed by atoms with E-state index in [4.69, 9.17) is 4.74 Å². The number of methoxy groups -OCH3 is 1. The average molecular weight is 249 g/mol. The van der Waals surface area contributed by atoms with Crippen LogP contribution in [0.15, 0.2) is 29.6 Å². The molecule has 1 N–H and O–H groups in total. The number of aromatic nitrogens is 2. The highest BCUT2D eigenvalue weighted by atomic mass is 32.1. The molecule has 1 aromatic heterocycles. The normalized spacial score (nSPS) is 12.4. The van der Waals surface area contributed by atoms with Crippen LogP contribution in [0.3, 0.4) is 0 Å². The summed E-state index contributed by atoms with van der Waals surface area (Å²) in [5.74, 6) is 0.881. The molecule has 2 rings (SSSR count). The predicted molar refractivity (Wildman–Crippen MR) is 68.2 cm³/mol. The van der Waals surface area contributed by atoms with Crippen molar-refractivity contribution in [3.05, 3.63) is 40.9 Å². The second-order valence-electron chi connectivity index (χ2n) is 3.78. The molecule has 0 saturated heterocycles. The quantitative estimate of drug-likeness (QED) is 0.884. The molecule has 0 fully saturated rings. The summed E-state index contributed by atoms with van der Waals surface area (Å²) in [6.07, 6.45) is 0. The lowest BCUT2D eigenvalue weighted by Gasteiger charge is -2.14. The van der Waals surface area contributed by atoms with Crippen LogP contribution < -0.4 is 10.1 Å². The molecule has 0 radical (unpaired) electrons. The van der Waals surface area contributed by atoms with Crippen LogP contribution in [0.25, 0.3) is 0 Å². The SMILES string of the molecule is COc1cccc([C@H](C)NCc2csnn2)c1. The molecule has 0 amide bonds. The molecule has 0 spiro atoms. The average Bonchev–Trinajstić information content (AvgIpc) is 2.89. The molecule has 0 aliphatic heterocycles. The van der Waals surface area contributed by atoms with Crippen molar-refractivity contribution in [3.8, 4) is 5.75 Å². The highest BCUT2D eigenvalue weighted by Crippen LogP contribution is 2.18. The summed E-state index contributed by atoms with van der Waals surface area (Å²) in [7, 11) is 1.68. The Kier molecular flexibility index (Phi) is 4.06. The summed E-state index contributed by atoms with van der Waals surface area (Å²) < 4.78 is 9.04. The van der Waals surface area contributed by atoms with Crippen molar-refractivity contribution in [2.75, 3.05) is 7.11 Å². The van der Waals surface area contributed by atoms with Crippen LogP contribution in [0.2, 0.25) is 0 Å². The second-order valence-corrected chi connectivity index (χ2v) is 4.39. The number of rotatable bonds is 5. The van der Waals surface area contributed by atoms with Gasteiger partial charge in [0, 0.05) is 18.0 Å². The smallest absolute Gasteiger partial charge is 0.119 e. The van der Waals surface area contributed by atoms with Crippen LogP contribution in [0.4, 0.5) is 0 Å². The number of benzene rings is 1.